The summed E-state index contributed by atoms with van der Waals surface area (Å²) >= 11 is 3.20. The number of benzene rings is 1. The van der Waals surface area contributed by atoms with Crippen LogP contribution in [0.15, 0.2) is 82.0 Å². The molecule has 0 aliphatic heterocycles. The van der Waals surface area contributed by atoms with Crippen molar-refractivity contribution in [3.05, 3.63) is 83.4 Å². The lowest BCUT2D eigenvalue weighted by atomic mass is 10.1. The quantitative estimate of drug-likeness (QED) is 0.425. The Kier molecular flexibility index (Phi) is 4.56. The van der Waals surface area contributed by atoms with Gasteiger partial charge in [-0.1, -0.05) is 18.2 Å². The lowest BCUT2D eigenvalue weighted by Crippen LogP contribution is -2.10. The largest absolute Gasteiger partial charge is 0.444 e. The summed E-state index contributed by atoms with van der Waals surface area (Å²) < 4.78 is 7.45. The molecule has 0 aliphatic rings. The topological polar surface area (TPSA) is 98.2 Å². The molecular weight excluding hydrogens is 448 g/mol. The zero-order chi connectivity index (χ0) is 20.5. The molecule has 0 fully saturated rings. The lowest BCUT2D eigenvalue weighted by Gasteiger charge is -2.07. The Hall–Kier alpha value is -3.85. The Labute approximate surface area is 178 Å². The van der Waals surface area contributed by atoms with Crippen molar-refractivity contribution in [2.24, 2.45) is 0 Å². The van der Waals surface area contributed by atoms with Crippen molar-refractivity contribution < 1.29 is 9.21 Å². The summed E-state index contributed by atoms with van der Waals surface area (Å²) in [5.74, 6) is 0.439. The van der Waals surface area contributed by atoms with Gasteiger partial charge in [0.1, 0.15) is 5.69 Å². The monoisotopic (exact) mass is 460 g/mol. The maximum absolute atomic E-state index is 12.3. The third-order valence-electron chi connectivity index (χ3n) is 4.37. The molecule has 8 nitrogen and oxygen atoms in total. The summed E-state index contributed by atoms with van der Waals surface area (Å²) in [5, 5.41) is 15.9. The van der Waals surface area contributed by atoms with E-state index in [1.54, 1.807) is 28.9 Å². The van der Waals surface area contributed by atoms with Gasteiger partial charge in [0.2, 0.25) is 5.82 Å². The van der Waals surface area contributed by atoms with Crippen LogP contribution in [0.2, 0.25) is 0 Å². The molecule has 4 heterocycles. The number of pyridine rings is 1. The molecule has 5 rings (SSSR count). The Morgan fingerprint density at radius 2 is 1.90 bits per heavy atom. The normalized spacial score (nSPS) is 11.0. The SMILES string of the molecule is O=C(Nc1cccc(-c2ccc3nnc(-c4ccccn4)n3n2)c1)c1ccc(Br)o1. The number of rotatable bonds is 4. The number of carbonyl (C=O) groups excluding carboxylic acids is 1. The number of hydrogen-bond donors (Lipinski definition) is 1. The summed E-state index contributed by atoms with van der Waals surface area (Å²) in [6.07, 6.45) is 1.70. The zero-order valence-electron chi connectivity index (χ0n) is 15.4. The maximum atomic E-state index is 12.3. The first-order valence-corrected chi connectivity index (χ1v) is 9.78. The van der Waals surface area contributed by atoms with E-state index in [0.717, 1.165) is 5.56 Å². The third kappa shape index (κ3) is 3.46. The van der Waals surface area contributed by atoms with E-state index in [0.29, 0.717) is 33.2 Å². The number of nitrogens with one attached hydrogen (secondary N) is 1. The molecule has 0 radical (unpaired) electrons. The van der Waals surface area contributed by atoms with Gasteiger partial charge in [-0.05, 0) is 64.5 Å². The van der Waals surface area contributed by atoms with E-state index in [4.69, 9.17) is 4.42 Å². The maximum Gasteiger partial charge on any atom is 0.291 e. The Morgan fingerprint density at radius 1 is 0.967 bits per heavy atom. The predicted molar refractivity (Wildman–Crippen MR) is 114 cm³/mol. The van der Waals surface area contributed by atoms with Gasteiger partial charge in [-0.15, -0.1) is 10.2 Å². The number of nitrogens with zero attached hydrogens (tertiary/aromatic N) is 5. The average molecular weight is 461 g/mol. The average Bonchev–Trinajstić information content (AvgIpc) is 3.40. The van der Waals surface area contributed by atoms with Crippen LogP contribution in [0.1, 0.15) is 10.6 Å². The molecule has 0 saturated carbocycles. The van der Waals surface area contributed by atoms with Crippen molar-refractivity contribution in [1.82, 2.24) is 24.8 Å². The van der Waals surface area contributed by atoms with Crippen LogP contribution >= 0.6 is 15.9 Å². The van der Waals surface area contributed by atoms with E-state index in [-0.39, 0.29) is 11.7 Å². The molecule has 0 unspecified atom stereocenters. The highest BCUT2D eigenvalue weighted by atomic mass is 79.9. The number of anilines is 1. The van der Waals surface area contributed by atoms with Crippen molar-refractivity contribution in [1.29, 1.82) is 0 Å². The summed E-state index contributed by atoms with van der Waals surface area (Å²) in [7, 11) is 0. The second-order valence-electron chi connectivity index (χ2n) is 6.37. The highest BCUT2D eigenvalue weighted by molar-refractivity contribution is 9.10. The number of amides is 1. The minimum absolute atomic E-state index is 0.219. The number of carbonyl (C=O) groups is 1. The first kappa shape index (κ1) is 18.2. The molecule has 0 saturated heterocycles. The minimum Gasteiger partial charge on any atom is -0.444 e. The van der Waals surface area contributed by atoms with Gasteiger partial charge in [0, 0.05) is 17.4 Å². The van der Waals surface area contributed by atoms with Crippen LogP contribution in [-0.4, -0.2) is 30.7 Å². The van der Waals surface area contributed by atoms with Crippen molar-refractivity contribution in [2.75, 3.05) is 5.32 Å². The summed E-state index contributed by atoms with van der Waals surface area (Å²) in [6, 6.07) is 20.0. The van der Waals surface area contributed by atoms with Crippen LogP contribution < -0.4 is 5.32 Å². The van der Waals surface area contributed by atoms with E-state index < -0.39 is 0 Å². The number of furan rings is 1. The Balaban J connectivity index is 1.48. The van der Waals surface area contributed by atoms with Crippen LogP contribution in [0.5, 0.6) is 0 Å². The van der Waals surface area contributed by atoms with Crippen LogP contribution in [0.4, 0.5) is 5.69 Å². The minimum atomic E-state index is -0.336. The predicted octanol–water partition coefficient (Wildman–Crippen LogP) is 4.46. The summed E-state index contributed by atoms with van der Waals surface area (Å²) in [6.45, 7) is 0. The van der Waals surface area contributed by atoms with Gasteiger partial charge < -0.3 is 9.73 Å². The number of halogens is 1. The van der Waals surface area contributed by atoms with E-state index in [2.05, 4.69) is 41.5 Å². The van der Waals surface area contributed by atoms with Gasteiger partial charge in [-0.25, -0.2) is 0 Å². The Morgan fingerprint density at radius 3 is 2.70 bits per heavy atom. The molecule has 0 spiro atoms. The van der Waals surface area contributed by atoms with Gasteiger partial charge in [0.25, 0.3) is 5.91 Å². The highest BCUT2D eigenvalue weighted by Gasteiger charge is 2.13. The fourth-order valence-corrected chi connectivity index (χ4v) is 3.29. The first-order chi connectivity index (χ1) is 14.7. The molecule has 5 aromatic rings. The molecule has 0 aliphatic carbocycles. The summed E-state index contributed by atoms with van der Waals surface area (Å²) in [4.78, 5) is 16.7. The molecule has 0 atom stereocenters. The van der Waals surface area contributed by atoms with Crippen LogP contribution in [-0.2, 0) is 0 Å². The van der Waals surface area contributed by atoms with Crippen molar-refractivity contribution in [3.8, 4) is 22.8 Å². The van der Waals surface area contributed by atoms with Crippen molar-refractivity contribution in [2.45, 2.75) is 0 Å². The van der Waals surface area contributed by atoms with Gasteiger partial charge in [0.05, 0.1) is 5.69 Å². The standard InChI is InChI=1S/C21H13BrN6O2/c22-18-9-8-17(30-18)21(29)24-14-5-3-4-13(12-14)15-7-10-19-25-26-20(28(19)27-15)16-6-1-2-11-23-16/h1-12H,(H,24,29). The lowest BCUT2D eigenvalue weighted by molar-refractivity contribution is 0.0995. The fourth-order valence-electron chi connectivity index (χ4n) is 2.98. The van der Waals surface area contributed by atoms with Crippen LogP contribution in [0.3, 0.4) is 0 Å². The van der Waals surface area contributed by atoms with E-state index >= 15 is 0 Å². The number of hydrogen-bond acceptors (Lipinski definition) is 6. The van der Waals surface area contributed by atoms with Gasteiger partial charge >= 0.3 is 0 Å². The molecule has 30 heavy (non-hydrogen) atoms. The smallest absolute Gasteiger partial charge is 0.291 e. The number of fused-ring (bicyclic) bond motifs is 1. The van der Waals surface area contributed by atoms with E-state index in [1.165, 1.54) is 0 Å². The fraction of sp³-hybridized carbons (Fsp3) is 0. The molecule has 1 N–H and O–H groups in total. The Bertz CT molecular complexity index is 1360. The first-order valence-electron chi connectivity index (χ1n) is 8.98. The summed E-state index contributed by atoms with van der Waals surface area (Å²) in [5.41, 5.74) is 3.46. The third-order valence-corrected chi connectivity index (χ3v) is 4.80. The van der Waals surface area contributed by atoms with E-state index in [9.17, 15) is 4.79 Å². The molecular formula is C21H13BrN6O2. The molecule has 9 heteroatoms. The van der Waals surface area contributed by atoms with E-state index in [1.807, 2.05) is 48.5 Å². The van der Waals surface area contributed by atoms with Gasteiger partial charge in [-0.3, -0.25) is 9.78 Å². The molecule has 146 valence electrons. The van der Waals surface area contributed by atoms with Crippen LogP contribution in [0.25, 0.3) is 28.4 Å². The highest BCUT2D eigenvalue weighted by Crippen LogP contribution is 2.23. The molecule has 4 aromatic heterocycles. The molecule has 0 bridgehead atoms. The zero-order valence-corrected chi connectivity index (χ0v) is 16.9. The van der Waals surface area contributed by atoms with Gasteiger partial charge in [0.15, 0.2) is 16.1 Å². The van der Waals surface area contributed by atoms with Gasteiger partial charge in [-0.2, -0.15) is 9.61 Å². The second kappa shape index (κ2) is 7.53. The van der Waals surface area contributed by atoms with Crippen molar-refractivity contribution in [3.63, 3.8) is 0 Å². The second-order valence-corrected chi connectivity index (χ2v) is 7.15. The molecule has 1 aromatic carbocycles. The van der Waals surface area contributed by atoms with Crippen LogP contribution in [0, 0.1) is 0 Å². The molecule has 1 amide bonds. The van der Waals surface area contributed by atoms with Crippen molar-refractivity contribution >= 4 is 33.2 Å². The number of aromatic nitrogens is 5.